The second-order valence-corrected chi connectivity index (χ2v) is 5.54. The number of aryl methyl sites for hydroxylation is 1. The van der Waals surface area contributed by atoms with Crippen molar-refractivity contribution in [1.29, 1.82) is 0 Å². The highest BCUT2D eigenvalue weighted by Crippen LogP contribution is 2.08. The zero-order valence-electron chi connectivity index (χ0n) is 10.6. The Balaban J connectivity index is 2.12. The first-order chi connectivity index (χ1) is 7.58. The molecule has 0 amide bonds. The summed E-state index contributed by atoms with van der Waals surface area (Å²) in [5, 5.41) is 6.64. The molecular formula is C12H22N2OS. The Morgan fingerprint density at radius 1 is 1.38 bits per heavy atom. The van der Waals surface area contributed by atoms with Gasteiger partial charge < -0.3 is 10.1 Å². The molecule has 1 aromatic heterocycles. The van der Waals surface area contributed by atoms with Crippen LogP contribution in [0.5, 0.6) is 0 Å². The first kappa shape index (κ1) is 13.6. The van der Waals surface area contributed by atoms with Crippen LogP contribution in [-0.2, 0) is 11.3 Å². The van der Waals surface area contributed by atoms with Gasteiger partial charge in [0.05, 0.1) is 6.61 Å². The molecule has 0 saturated carbocycles. The largest absolute Gasteiger partial charge is 0.380 e. The third kappa shape index (κ3) is 5.58. The summed E-state index contributed by atoms with van der Waals surface area (Å²) < 4.78 is 5.57. The Labute approximate surface area is 102 Å². The van der Waals surface area contributed by atoms with Crippen molar-refractivity contribution in [2.24, 2.45) is 5.92 Å². The first-order valence-corrected chi connectivity index (χ1v) is 6.68. The Bertz CT molecular complexity index is 299. The van der Waals surface area contributed by atoms with E-state index in [1.165, 1.54) is 0 Å². The summed E-state index contributed by atoms with van der Waals surface area (Å²) in [6.07, 6.45) is 0. The highest BCUT2D eigenvalue weighted by molar-refractivity contribution is 7.09. The summed E-state index contributed by atoms with van der Waals surface area (Å²) in [7, 11) is 0. The molecule has 3 nitrogen and oxygen atoms in total. The van der Waals surface area contributed by atoms with E-state index in [-0.39, 0.29) is 0 Å². The standard InChI is InChI=1S/C12H22N2OS/c1-9(2)6-15-7-10(3)13-5-12-14-11(4)8-16-12/h8-10,13H,5-7H2,1-4H3. The number of aromatic nitrogens is 1. The zero-order chi connectivity index (χ0) is 12.0. The van der Waals surface area contributed by atoms with Gasteiger partial charge in [-0.15, -0.1) is 11.3 Å². The van der Waals surface area contributed by atoms with Crippen LogP contribution in [0.2, 0.25) is 0 Å². The molecule has 0 aliphatic heterocycles. The molecule has 0 aliphatic rings. The van der Waals surface area contributed by atoms with E-state index in [0.717, 1.165) is 30.5 Å². The molecule has 16 heavy (non-hydrogen) atoms. The fourth-order valence-corrected chi connectivity index (χ4v) is 2.01. The topological polar surface area (TPSA) is 34.1 Å². The first-order valence-electron chi connectivity index (χ1n) is 5.80. The van der Waals surface area contributed by atoms with E-state index in [9.17, 15) is 0 Å². The number of nitrogens with zero attached hydrogens (tertiary/aromatic N) is 1. The van der Waals surface area contributed by atoms with Gasteiger partial charge in [-0.3, -0.25) is 0 Å². The molecule has 0 aromatic carbocycles. The van der Waals surface area contributed by atoms with Crippen LogP contribution in [-0.4, -0.2) is 24.2 Å². The van der Waals surface area contributed by atoms with Crippen LogP contribution in [0, 0.1) is 12.8 Å². The van der Waals surface area contributed by atoms with Gasteiger partial charge in [-0.25, -0.2) is 4.98 Å². The smallest absolute Gasteiger partial charge is 0.107 e. The van der Waals surface area contributed by atoms with E-state index in [4.69, 9.17) is 4.74 Å². The lowest BCUT2D eigenvalue weighted by molar-refractivity contribution is 0.0935. The van der Waals surface area contributed by atoms with Crippen molar-refractivity contribution < 1.29 is 4.74 Å². The van der Waals surface area contributed by atoms with Crippen molar-refractivity contribution in [3.63, 3.8) is 0 Å². The molecule has 0 saturated heterocycles. The maximum atomic E-state index is 5.57. The second kappa shape index (κ2) is 6.99. The van der Waals surface area contributed by atoms with Crippen molar-refractivity contribution in [1.82, 2.24) is 10.3 Å². The van der Waals surface area contributed by atoms with E-state index in [0.29, 0.717) is 12.0 Å². The third-order valence-corrected chi connectivity index (χ3v) is 3.05. The molecule has 1 aromatic rings. The van der Waals surface area contributed by atoms with Crippen LogP contribution in [0.1, 0.15) is 31.5 Å². The second-order valence-electron chi connectivity index (χ2n) is 4.60. The Kier molecular flexibility index (Phi) is 5.95. The lowest BCUT2D eigenvalue weighted by Gasteiger charge is -2.14. The quantitative estimate of drug-likeness (QED) is 0.798. The minimum absolute atomic E-state index is 0.378. The van der Waals surface area contributed by atoms with Crippen LogP contribution in [0.3, 0.4) is 0 Å². The predicted molar refractivity (Wildman–Crippen MR) is 68.8 cm³/mol. The number of hydrogen-bond donors (Lipinski definition) is 1. The van der Waals surface area contributed by atoms with Crippen LogP contribution in [0.25, 0.3) is 0 Å². The van der Waals surface area contributed by atoms with Gasteiger partial charge in [0.2, 0.25) is 0 Å². The van der Waals surface area contributed by atoms with Crippen molar-refractivity contribution in [2.45, 2.75) is 40.3 Å². The summed E-state index contributed by atoms with van der Waals surface area (Å²) in [6.45, 7) is 10.9. The lowest BCUT2D eigenvalue weighted by Crippen LogP contribution is -2.30. The van der Waals surface area contributed by atoms with Gasteiger partial charge in [0, 0.05) is 30.3 Å². The molecule has 1 N–H and O–H groups in total. The maximum Gasteiger partial charge on any atom is 0.107 e. The minimum Gasteiger partial charge on any atom is -0.380 e. The highest BCUT2D eigenvalue weighted by atomic mass is 32.1. The molecular weight excluding hydrogens is 220 g/mol. The van der Waals surface area contributed by atoms with Crippen molar-refractivity contribution in [3.8, 4) is 0 Å². The number of nitrogens with one attached hydrogen (secondary N) is 1. The molecule has 1 rings (SSSR count). The van der Waals surface area contributed by atoms with Gasteiger partial charge in [0.25, 0.3) is 0 Å². The van der Waals surface area contributed by atoms with E-state index < -0.39 is 0 Å². The average molecular weight is 242 g/mol. The predicted octanol–water partition coefficient (Wildman–Crippen LogP) is 2.60. The molecule has 1 unspecified atom stereocenters. The zero-order valence-corrected chi connectivity index (χ0v) is 11.4. The van der Waals surface area contributed by atoms with Gasteiger partial charge >= 0.3 is 0 Å². The van der Waals surface area contributed by atoms with E-state index in [1.54, 1.807) is 11.3 Å². The van der Waals surface area contributed by atoms with E-state index in [1.807, 2.05) is 6.92 Å². The molecule has 4 heteroatoms. The molecule has 92 valence electrons. The normalized spacial score (nSPS) is 13.3. The van der Waals surface area contributed by atoms with Crippen LogP contribution in [0.4, 0.5) is 0 Å². The van der Waals surface area contributed by atoms with Gasteiger partial charge in [-0.1, -0.05) is 13.8 Å². The molecule has 0 bridgehead atoms. The highest BCUT2D eigenvalue weighted by Gasteiger charge is 2.04. The molecule has 1 atom stereocenters. The summed E-state index contributed by atoms with van der Waals surface area (Å²) >= 11 is 1.71. The fraction of sp³-hybridized carbons (Fsp3) is 0.750. The Morgan fingerprint density at radius 3 is 2.69 bits per heavy atom. The summed E-state index contributed by atoms with van der Waals surface area (Å²) in [5.74, 6) is 0.605. The maximum absolute atomic E-state index is 5.57. The molecule has 0 aliphatic carbocycles. The number of hydrogen-bond acceptors (Lipinski definition) is 4. The van der Waals surface area contributed by atoms with Gasteiger partial charge in [-0.2, -0.15) is 0 Å². The SMILES string of the molecule is Cc1csc(CNC(C)COCC(C)C)n1. The fourth-order valence-electron chi connectivity index (χ4n) is 1.28. The summed E-state index contributed by atoms with van der Waals surface area (Å²) in [4.78, 5) is 4.41. The minimum atomic E-state index is 0.378. The Morgan fingerprint density at radius 2 is 2.12 bits per heavy atom. The molecule has 1 heterocycles. The molecule has 0 fully saturated rings. The summed E-state index contributed by atoms with van der Waals surface area (Å²) in [5.41, 5.74) is 1.10. The van der Waals surface area contributed by atoms with Crippen LogP contribution >= 0.6 is 11.3 Å². The van der Waals surface area contributed by atoms with Gasteiger partial charge in [-0.05, 0) is 19.8 Å². The lowest BCUT2D eigenvalue weighted by atomic mass is 10.2. The monoisotopic (exact) mass is 242 g/mol. The van der Waals surface area contributed by atoms with Crippen molar-refractivity contribution in [3.05, 3.63) is 16.1 Å². The average Bonchev–Trinajstić information content (AvgIpc) is 2.61. The molecule has 0 radical (unpaired) electrons. The van der Waals surface area contributed by atoms with E-state index >= 15 is 0 Å². The summed E-state index contributed by atoms with van der Waals surface area (Å²) in [6, 6.07) is 0.378. The van der Waals surface area contributed by atoms with Crippen molar-refractivity contribution >= 4 is 11.3 Å². The van der Waals surface area contributed by atoms with Gasteiger partial charge in [0.1, 0.15) is 5.01 Å². The number of ether oxygens (including phenoxy) is 1. The van der Waals surface area contributed by atoms with Crippen LogP contribution < -0.4 is 5.32 Å². The third-order valence-electron chi connectivity index (χ3n) is 2.09. The van der Waals surface area contributed by atoms with Crippen molar-refractivity contribution in [2.75, 3.05) is 13.2 Å². The molecule has 0 spiro atoms. The Hall–Kier alpha value is -0.450. The van der Waals surface area contributed by atoms with Crippen LogP contribution in [0.15, 0.2) is 5.38 Å². The van der Waals surface area contributed by atoms with Gasteiger partial charge in [0.15, 0.2) is 0 Å². The number of thiazole rings is 1. The number of rotatable bonds is 7. The van der Waals surface area contributed by atoms with E-state index in [2.05, 4.69) is 36.5 Å².